The first-order chi connectivity index (χ1) is 13.1. The normalized spacial score (nSPS) is 26.0. The summed E-state index contributed by atoms with van der Waals surface area (Å²) < 4.78 is 76.9. The van der Waals surface area contributed by atoms with Crippen LogP contribution in [-0.4, -0.2) is 40.4 Å². The van der Waals surface area contributed by atoms with E-state index in [2.05, 4.69) is 4.98 Å². The Balaban J connectivity index is 1.59. The van der Waals surface area contributed by atoms with Crippen LogP contribution in [0.4, 0.5) is 26.3 Å². The lowest BCUT2D eigenvalue weighted by Gasteiger charge is -2.32. The lowest BCUT2D eigenvalue weighted by atomic mass is 9.82. The van der Waals surface area contributed by atoms with Crippen molar-refractivity contribution in [1.82, 2.24) is 9.88 Å². The number of thiazole rings is 1. The van der Waals surface area contributed by atoms with E-state index in [1.165, 1.54) is 11.3 Å². The maximum Gasteiger partial charge on any atom is 0.391 e. The number of nitrogens with zero attached hydrogens (tertiary/aromatic N) is 2. The molecule has 0 bridgehead atoms. The fourth-order valence-corrected chi connectivity index (χ4v) is 5.23. The third kappa shape index (κ3) is 5.18. The smallest absolute Gasteiger partial charge is 0.391 e. The number of piperidine rings is 1. The number of rotatable bonds is 4. The molecule has 1 saturated carbocycles. The Labute approximate surface area is 163 Å². The number of aliphatic hydroxyl groups excluding tert-OH is 1. The van der Waals surface area contributed by atoms with Crippen molar-refractivity contribution in [3.05, 3.63) is 15.6 Å². The number of halogens is 6. The van der Waals surface area contributed by atoms with E-state index in [1.54, 1.807) is 0 Å². The van der Waals surface area contributed by atoms with Crippen molar-refractivity contribution < 1.29 is 31.4 Å². The fraction of sp³-hybridized carbons (Fsp3) is 0.833. The summed E-state index contributed by atoms with van der Waals surface area (Å²) in [6.45, 7) is 0.788. The number of hydrogen-bond donors (Lipinski definition) is 1. The highest BCUT2D eigenvalue weighted by atomic mass is 32.1. The Kier molecular flexibility index (Phi) is 6.61. The SMILES string of the molecule is OCc1sc([C@H]2CC[C@H](C(F)(F)F)CC2)nc1CN1CCC(C(F)(F)F)CC1. The Morgan fingerprint density at radius 3 is 1.93 bits per heavy atom. The summed E-state index contributed by atoms with van der Waals surface area (Å²) in [5, 5.41) is 10.4. The average Bonchev–Trinajstić information content (AvgIpc) is 3.03. The first-order valence-corrected chi connectivity index (χ1v) is 10.3. The van der Waals surface area contributed by atoms with Gasteiger partial charge in [0.25, 0.3) is 0 Å². The van der Waals surface area contributed by atoms with Crippen LogP contribution in [0.15, 0.2) is 0 Å². The number of likely N-dealkylation sites (tertiary alicyclic amines) is 1. The molecule has 2 fully saturated rings. The van der Waals surface area contributed by atoms with E-state index in [9.17, 15) is 31.4 Å². The number of aromatic nitrogens is 1. The van der Waals surface area contributed by atoms with Crippen LogP contribution in [0.1, 0.15) is 60.0 Å². The van der Waals surface area contributed by atoms with Crippen LogP contribution in [-0.2, 0) is 13.2 Å². The van der Waals surface area contributed by atoms with E-state index in [4.69, 9.17) is 0 Å². The minimum atomic E-state index is -4.16. The minimum Gasteiger partial charge on any atom is -0.391 e. The quantitative estimate of drug-likeness (QED) is 0.664. The van der Waals surface area contributed by atoms with Crippen molar-refractivity contribution in [3.8, 4) is 0 Å². The molecular formula is C18H24F6N2OS. The van der Waals surface area contributed by atoms with Gasteiger partial charge in [0.2, 0.25) is 0 Å². The molecule has 0 spiro atoms. The maximum absolute atomic E-state index is 12.8. The van der Waals surface area contributed by atoms with Gasteiger partial charge in [0.05, 0.1) is 34.0 Å². The summed E-state index contributed by atoms with van der Waals surface area (Å²) in [7, 11) is 0. The molecule has 0 unspecified atom stereocenters. The Bertz CT molecular complexity index is 643. The van der Waals surface area contributed by atoms with Gasteiger partial charge in [-0.15, -0.1) is 11.3 Å². The van der Waals surface area contributed by atoms with E-state index < -0.39 is 24.2 Å². The van der Waals surface area contributed by atoms with E-state index in [0.717, 1.165) is 5.01 Å². The van der Waals surface area contributed by atoms with Crippen molar-refractivity contribution in [1.29, 1.82) is 0 Å². The first-order valence-electron chi connectivity index (χ1n) is 9.53. The molecular weight excluding hydrogens is 406 g/mol. The predicted octanol–water partition coefficient (Wildman–Crippen LogP) is 5.25. The molecule has 1 saturated heterocycles. The second kappa shape index (κ2) is 8.47. The molecule has 2 heterocycles. The van der Waals surface area contributed by atoms with Gasteiger partial charge in [-0.3, -0.25) is 4.90 Å². The Morgan fingerprint density at radius 2 is 1.43 bits per heavy atom. The molecule has 0 amide bonds. The number of aliphatic hydroxyl groups is 1. The topological polar surface area (TPSA) is 36.4 Å². The van der Waals surface area contributed by atoms with E-state index in [0.29, 0.717) is 43.0 Å². The summed E-state index contributed by atoms with van der Waals surface area (Å²) in [5.74, 6) is -2.56. The zero-order valence-corrected chi connectivity index (χ0v) is 16.1. The average molecular weight is 430 g/mol. The van der Waals surface area contributed by atoms with Crippen LogP contribution in [0.3, 0.4) is 0 Å². The predicted molar refractivity (Wildman–Crippen MR) is 92.8 cm³/mol. The third-order valence-corrected chi connectivity index (χ3v) is 7.15. The van der Waals surface area contributed by atoms with E-state index in [1.807, 2.05) is 4.90 Å². The second-order valence-electron chi connectivity index (χ2n) is 7.76. The molecule has 1 aromatic heterocycles. The molecule has 0 aromatic carbocycles. The third-order valence-electron chi connectivity index (χ3n) is 5.90. The molecule has 3 nitrogen and oxygen atoms in total. The first kappa shape index (κ1) is 21.8. The van der Waals surface area contributed by atoms with Gasteiger partial charge in [0, 0.05) is 12.5 Å². The second-order valence-corrected chi connectivity index (χ2v) is 8.88. The van der Waals surface area contributed by atoms with Crippen LogP contribution in [0.2, 0.25) is 0 Å². The monoisotopic (exact) mass is 430 g/mol. The largest absolute Gasteiger partial charge is 0.391 e. The number of hydrogen-bond acceptors (Lipinski definition) is 4. The van der Waals surface area contributed by atoms with Crippen molar-refractivity contribution in [2.75, 3.05) is 13.1 Å². The molecule has 10 heteroatoms. The highest BCUT2D eigenvalue weighted by molar-refractivity contribution is 7.11. The van der Waals surface area contributed by atoms with Crippen LogP contribution in [0.5, 0.6) is 0 Å². The molecule has 2 aliphatic rings. The van der Waals surface area contributed by atoms with Crippen LogP contribution in [0.25, 0.3) is 0 Å². The molecule has 1 N–H and O–H groups in total. The summed E-state index contributed by atoms with van der Waals surface area (Å²) in [4.78, 5) is 7.13. The highest BCUT2D eigenvalue weighted by Gasteiger charge is 2.43. The molecule has 1 aliphatic heterocycles. The summed E-state index contributed by atoms with van der Waals surface area (Å²) in [6.07, 6.45) is -7.21. The van der Waals surface area contributed by atoms with Gasteiger partial charge < -0.3 is 5.11 Å². The van der Waals surface area contributed by atoms with Crippen LogP contribution in [0, 0.1) is 11.8 Å². The van der Waals surface area contributed by atoms with Gasteiger partial charge in [-0.2, -0.15) is 26.3 Å². The van der Waals surface area contributed by atoms with Crippen LogP contribution >= 0.6 is 11.3 Å². The summed E-state index contributed by atoms with van der Waals surface area (Å²) in [6, 6.07) is 0. The molecule has 0 radical (unpaired) electrons. The van der Waals surface area contributed by atoms with Gasteiger partial charge in [0.1, 0.15) is 0 Å². The standard InChI is InChI=1S/C18H24F6N2OS/c19-17(20,21)12-3-1-11(2-4-12)16-25-14(15(10-27)28-16)9-26-7-5-13(6-8-26)18(22,23)24/h11-13,27H,1-10H2/t11-,12-. The molecule has 28 heavy (non-hydrogen) atoms. The molecule has 1 aromatic rings. The Morgan fingerprint density at radius 1 is 0.893 bits per heavy atom. The van der Waals surface area contributed by atoms with Gasteiger partial charge in [-0.25, -0.2) is 4.98 Å². The van der Waals surface area contributed by atoms with Gasteiger partial charge in [-0.05, 0) is 51.6 Å². The van der Waals surface area contributed by atoms with Gasteiger partial charge in [0.15, 0.2) is 0 Å². The molecule has 160 valence electrons. The van der Waals surface area contributed by atoms with Crippen molar-refractivity contribution in [2.45, 2.75) is 69.9 Å². The van der Waals surface area contributed by atoms with Crippen LogP contribution < -0.4 is 0 Å². The number of alkyl halides is 6. The molecule has 1 aliphatic carbocycles. The van der Waals surface area contributed by atoms with Gasteiger partial charge in [-0.1, -0.05) is 0 Å². The summed E-state index contributed by atoms with van der Waals surface area (Å²) in [5.41, 5.74) is 0.644. The summed E-state index contributed by atoms with van der Waals surface area (Å²) >= 11 is 1.32. The Hall–Kier alpha value is -0.870. The van der Waals surface area contributed by atoms with Gasteiger partial charge >= 0.3 is 12.4 Å². The maximum atomic E-state index is 12.8. The molecule has 3 rings (SSSR count). The zero-order valence-electron chi connectivity index (χ0n) is 15.3. The van der Waals surface area contributed by atoms with E-state index >= 15 is 0 Å². The highest BCUT2D eigenvalue weighted by Crippen LogP contribution is 2.44. The van der Waals surface area contributed by atoms with Crippen molar-refractivity contribution in [2.24, 2.45) is 11.8 Å². The zero-order chi connectivity index (χ0) is 20.5. The lowest BCUT2D eigenvalue weighted by molar-refractivity contribution is -0.185. The van der Waals surface area contributed by atoms with E-state index in [-0.39, 0.29) is 38.2 Å². The van der Waals surface area contributed by atoms with Crippen molar-refractivity contribution >= 4 is 11.3 Å². The van der Waals surface area contributed by atoms with Crippen molar-refractivity contribution in [3.63, 3.8) is 0 Å². The molecule has 0 atom stereocenters. The minimum absolute atomic E-state index is 0.0429. The lowest BCUT2D eigenvalue weighted by Crippen LogP contribution is -2.38. The fourth-order valence-electron chi connectivity index (χ4n) is 4.12.